The number of benzene rings is 1. The van der Waals surface area contributed by atoms with Crippen molar-refractivity contribution in [2.24, 2.45) is 10.1 Å². The summed E-state index contributed by atoms with van der Waals surface area (Å²) >= 11 is 1.48. The van der Waals surface area contributed by atoms with Gasteiger partial charge in [-0.1, -0.05) is 0 Å². The number of furan rings is 1. The molecule has 1 aromatic carbocycles. The molecule has 0 aliphatic carbocycles. The first-order chi connectivity index (χ1) is 12.7. The normalized spacial score (nSPS) is 11.9. The lowest BCUT2D eigenvalue weighted by Gasteiger charge is -2.14. The van der Waals surface area contributed by atoms with E-state index in [0.717, 1.165) is 16.1 Å². The molecule has 0 aliphatic heterocycles. The van der Waals surface area contributed by atoms with Gasteiger partial charge in [0, 0.05) is 18.0 Å². The standard InChI is InChI=1S/C18H19N3O4S/c1-19-18-21(20-10-13-6-5-7-25-13)14(11-26-18)12-8-15(22-2)17(24-4)16(9-12)23-3/h5-11H,1-4H3. The topological polar surface area (TPSA) is 70.5 Å². The molecule has 0 saturated carbocycles. The van der Waals surface area contributed by atoms with E-state index < -0.39 is 0 Å². The van der Waals surface area contributed by atoms with Crippen molar-refractivity contribution in [2.75, 3.05) is 28.4 Å². The van der Waals surface area contributed by atoms with Crippen LogP contribution in [0.25, 0.3) is 11.3 Å². The summed E-state index contributed by atoms with van der Waals surface area (Å²) in [7, 11) is 6.48. The zero-order chi connectivity index (χ0) is 18.5. The summed E-state index contributed by atoms with van der Waals surface area (Å²) < 4.78 is 23.3. The number of hydrogen-bond donors (Lipinski definition) is 0. The third-order valence-electron chi connectivity index (χ3n) is 3.68. The van der Waals surface area contributed by atoms with E-state index in [2.05, 4.69) is 10.1 Å². The van der Waals surface area contributed by atoms with Crippen LogP contribution in [0.15, 0.2) is 50.4 Å². The van der Waals surface area contributed by atoms with E-state index in [1.807, 2.05) is 29.6 Å². The van der Waals surface area contributed by atoms with Gasteiger partial charge in [-0.15, -0.1) is 11.3 Å². The van der Waals surface area contributed by atoms with Crippen molar-refractivity contribution in [3.8, 4) is 28.5 Å². The lowest BCUT2D eigenvalue weighted by molar-refractivity contribution is 0.324. The van der Waals surface area contributed by atoms with Gasteiger partial charge in [-0.2, -0.15) is 5.10 Å². The Labute approximate surface area is 154 Å². The van der Waals surface area contributed by atoms with Crippen LogP contribution >= 0.6 is 11.3 Å². The molecule has 0 saturated heterocycles. The summed E-state index contributed by atoms with van der Waals surface area (Å²) in [5.74, 6) is 2.34. The maximum Gasteiger partial charge on any atom is 0.205 e. The van der Waals surface area contributed by atoms with Gasteiger partial charge in [0.05, 0.1) is 39.5 Å². The van der Waals surface area contributed by atoms with Gasteiger partial charge in [0.15, 0.2) is 11.5 Å². The summed E-state index contributed by atoms with van der Waals surface area (Å²) in [6.45, 7) is 0. The van der Waals surface area contributed by atoms with Crippen molar-refractivity contribution < 1.29 is 18.6 Å². The molecule has 2 heterocycles. The number of thiazole rings is 1. The molecule has 0 amide bonds. The number of methoxy groups -OCH3 is 3. The summed E-state index contributed by atoms with van der Waals surface area (Å²) in [6, 6.07) is 7.40. The van der Waals surface area contributed by atoms with Crippen molar-refractivity contribution in [3.63, 3.8) is 0 Å². The Morgan fingerprint density at radius 3 is 2.38 bits per heavy atom. The van der Waals surface area contributed by atoms with Crippen LogP contribution in [-0.2, 0) is 0 Å². The Bertz CT molecular complexity index is 946. The van der Waals surface area contributed by atoms with Crippen molar-refractivity contribution in [1.82, 2.24) is 4.68 Å². The summed E-state index contributed by atoms with van der Waals surface area (Å²) in [4.78, 5) is 5.03. The van der Waals surface area contributed by atoms with E-state index in [1.54, 1.807) is 45.5 Å². The smallest absolute Gasteiger partial charge is 0.205 e. The number of rotatable bonds is 6. The van der Waals surface area contributed by atoms with E-state index in [-0.39, 0.29) is 0 Å². The average Bonchev–Trinajstić information content (AvgIpc) is 3.34. The van der Waals surface area contributed by atoms with Crippen molar-refractivity contribution in [3.05, 3.63) is 46.5 Å². The highest BCUT2D eigenvalue weighted by Crippen LogP contribution is 2.41. The van der Waals surface area contributed by atoms with Crippen LogP contribution in [-0.4, -0.2) is 39.3 Å². The molecule has 3 aromatic rings. The van der Waals surface area contributed by atoms with Gasteiger partial charge < -0.3 is 18.6 Å². The Hall–Kier alpha value is -3.00. The van der Waals surface area contributed by atoms with Crippen LogP contribution in [0.2, 0.25) is 0 Å². The fourth-order valence-corrected chi connectivity index (χ4v) is 3.27. The molecule has 0 fully saturated rings. The number of nitrogens with zero attached hydrogens (tertiary/aromatic N) is 3. The first-order valence-corrected chi connectivity index (χ1v) is 8.61. The van der Waals surface area contributed by atoms with E-state index >= 15 is 0 Å². The molecule has 0 N–H and O–H groups in total. The zero-order valence-corrected chi connectivity index (χ0v) is 15.7. The minimum absolute atomic E-state index is 0.542. The summed E-state index contributed by atoms with van der Waals surface area (Å²) in [6.07, 6.45) is 3.24. The van der Waals surface area contributed by atoms with Gasteiger partial charge in [-0.3, -0.25) is 4.99 Å². The van der Waals surface area contributed by atoms with Crippen molar-refractivity contribution in [2.45, 2.75) is 0 Å². The highest BCUT2D eigenvalue weighted by Gasteiger charge is 2.16. The Balaban J connectivity index is 2.14. The first kappa shape index (κ1) is 17.8. The molecule has 2 aromatic heterocycles. The molecule has 0 atom stereocenters. The number of aromatic nitrogens is 1. The monoisotopic (exact) mass is 373 g/mol. The molecule has 0 spiro atoms. The number of ether oxygens (including phenoxy) is 3. The van der Waals surface area contributed by atoms with Gasteiger partial charge in [0.1, 0.15) is 5.76 Å². The maximum absolute atomic E-state index is 5.45. The molecule has 26 heavy (non-hydrogen) atoms. The van der Waals surface area contributed by atoms with Crippen LogP contribution in [0.3, 0.4) is 0 Å². The Morgan fingerprint density at radius 2 is 1.85 bits per heavy atom. The Morgan fingerprint density at radius 1 is 1.12 bits per heavy atom. The van der Waals surface area contributed by atoms with Crippen LogP contribution < -0.4 is 19.0 Å². The van der Waals surface area contributed by atoms with Crippen LogP contribution in [0, 0.1) is 0 Å². The van der Waals surface area contributed by atoms with Crippen molar-refractivity contribution in [1.29, 1.82) is 0 Å². The second kappa shape index (κ2) is 7.92. The molecule has 8 heteroatoms. The average molecular weight is 373 g/mol. The molecule has 3 rings (SSSR count). The largest absolute Gasteiger partial charge is 0.493 e. The molecule has 136 valence electrons. The van der Waals surface area contributed by atoms with Gasteiger partial charge >= 0.3 is 0 Å². The van der Waals surface area contributed by atoms with Gasteiger partial charge in [-0.25, -0.2) is 4.68 Å². The highest BCUT2D eigenvalue weighted by molar-refractivity contribution is 7.07. The van der Waals surface area contributed by atoms with Crippen LogP contribution in [0.1, 0.15) is 5.76 Å². The summed E-state index contributed by atoms with van der Waals surface area (Å²) in [5.41, 5.74) is 1.71. The second-order valence-corrected chi connectivity index (χ2v) is 5.95. The van der Waals surface area contributed by atoms with Gasteiger partial charge in [0.25, 0.3) is 0 Å². The molecule has 0 radical (unpaired) electrons. The van der Waals surface area contributed by atoms with E-state index in [1.165, 1.54) is 11.3 Å². The van der Waals surface area contributed by atoms with Gasteiger partial charge in [0.2, 0.25) is 10.6 Å². The summed E-state index contributed by atoms with van der Waals surface area (Å²) in [5, 5.41) is 6.49. The van der Waals surface area contributed by atoms with Crippen LogP contribution in [0.4, 0.5) is 0 Å². The molecule has 0 aliphatic rings. The maximum atomic E-state index is 5.45. The second-order valence-electron chi connectivity index (χ2n) is 5.11. The van der Waals surface area contributed by atoms with Gasteiger partial charge in [-0.05, 0) is 24.3 Å². The molecule has 0 bridgehead atoms. The third-order valence-corrected chi connectivity index (χ3v) is 4.59. The van der Waals surface area contributed by atoms with E-state index in [9.17, 15) is 0 Å². The lowest BCUT2D eigenvalue weighted by atomic mass is 10.1. The minimum atomic E-state index is 0.542. The molecular formula is C18H19N3O4S. The predicted octanol–water partition coefficient (Wildman–Crippen LogP) is 3.25. The minimum Gasteiger partial charge on any atom is -0.493 e. The number of hydrogen-bond acceptors (Lipinski definition) is 7. The third kappa shape index (κ3) is 3.36. The fraction of sp³-hybridized carbons (Fsp3) is 0.222. The molecule has 0 unspecified atom stereocenters. The van der Waals surface area contributed by atoms with E-state index in [0.29, 0.717) is 23.0 Å². The SMILES string of the molecule is CN=c1scc(-c2cc(OC)c(OC)c(OC)c2)n1N=Cc1ccco1. The fourth-order valence-electron chi connectivity index (χ4n) is 2.47. The Kier molecular flexibility index (Phi) is 5.43. The van der Waals surface area contributed by atoms with Crippen molar-refractivity contribution >= 4 is 17.6 Å². The molecule has 7 nitrogen and oxygen atoms in total. The quantitative estimate of drug-likeness (QED) is 0.622. The lowest BCUT2D eigenvalue weighted by Crippen LogP contribution is -2.11. The van der Waals surface area contributed by atoms with Crippen LogP contribution in [0.5, 0.6) is 17.2 Å². The first-order valence-electron chi connectivity index (χ1n) is 7.73. The predicted molar refractivity (Wildman–Crippen MR) is 101 cm³/mol. The zero-order valence-electron chi connectivity index (χ0n) is 14.9. The molecular weight excluding hydrogens is 354 g/mol. The highest BCUT2D eigenvalue weighted by atomic mass is 32.1. The van der Waals surface area contributed by atoms with E-state index in [4.69, 9.17) is 18.6 Å².